The first-order valence-electron chi connectivity index (χ1n) is 2.97. The van der Waals surface area contributed by atoms with E-state index >= 15 is 0 Å². The first-order chi connectivity index (χ1) is 5.77. The van der Waals surface area contributed by atoms with Gasteiger partial charge in [-0.3, -0.25) is 0 Å². The van der Waals surface area contributed by atoms with Crippen LogP contribution >= 0.6 is 34.6 Å². The van der Waals surface area contributed by atoms with E-state index in [1.807, 2.05) is 0 Å². The average Bonchev–Trinajstić information content (AvgIpc) is 2.09. The number of hydrogen-bond acceptors (Lipinski definition) is 3. The zero-order valence-electron chi connectivity index (χ0n) is 5.87. The molecular weight excluding hydrogens is 292 g/mol. The summed E-state index contributed by atoms with van der Waals surface area (Å²) in [4.78, 5) is 0. The topological polar surface area (TPSA) is 60.0 Å². The molecule has 0 unspecified atom stereocenters. The maximum absolute atomic E-state index is 5.79. The normalized spacial score (nSPS) is 10.5. The van der Waals surface area contributed by atoms with Crippen LogP contribution in [0.2, 0.25) is 5.02 Å². The van der Waals surface area contributed by atoms with Gasteiger partial charge in [0, 0.05) is 6.07 Å². The van der Waals surface area contributed by atoms with Gasteiger partial charge in [-0.2, -0.15) is 0 Å². The Morgan fingerprint density at radius 3 is 2.75 bits per heavy atom. The Bertz CT molecular complexity index is 305. The number of hydrogen-bond donors (Lipinski definition) is 1. The number of halogens is 2. The van der Waals surface area contributed by atoms with Crippen molar-refractivity contribution < 1.29 is 3.07 Å². The van der Waals surface area contributed by atoms with Crippen molar-refractivity contribution in [3.8, 4) is 5.75 Å². The Balaban J connectivity index is 3.03. The molecule has 0 spiro atoms. The van der Waals surface area contributed by atoms with Crippen molar-refractivity contribution in [2.75, 3.05) is 0 Å². The average molecular weight is 297 g/mol. The van der Waals surface area contributed by atoms with Crippen molar-refractivity contribution in [1.82, 2.24) is 0 Å². The van der Waals surface area contributed by atoms with Gasteiger partial charge in [0.25, 0.3) is 0 Å². The highest BCUT2D eigenvalue weighted by molar-refractivity contribution is 14.1. The van der Waals surface area contributed by atoms with E-state index in [9.17, 15) is 0 Å². The standard InChI is InChI=1S/C6H5ClIN3O/c7-5-3-4(12-8)1-2-6(5)10-11-9/h1-3H,(H2,9,10). The molecule has 0 saturated heterocycles. The van der Waals surface area contributed by atoms with Crippen molar-refractivity contribution >= 4 is 40.3 Å². The summed E-state index contributed by atoms with van der Waals surface area (Å²) in [6, 6.07) is 5.03. The minimum Gasteiger partial charge on any atom is -0.428 e. The fourth-order valence-electron chi connectivity index (χ4n) is 0.679. The summed E-state index contributed by atoms with van der Waals surface area (Å²) in [5.41, 5.74) is 0.524. The fraction of sp³-hybridized carbons (Fsp3) is 0. The Morgan fingerprint density at radius 1 is 1.50 bits per heavy atom. The van der Waals surface area contributed by atoms with Gasteiger partial charge in [0.1, 0.15) is 11.4 Å². The molecule has 6 heteroatoms. The van der Waals surface area contributed by atoms with E-state index in [1.54, 1.807) is 41.2 Å². The zero-order chi connectivity index (χ0) is 8.97. The van der Waals surface area contributed by atoms with Gasteiger partial charge < -0.3 is 8.91 Å². The van der Waals surface area contributed by atoms with Gasteiger partial charge in [0.05, 0.1) is 5.02 Å². The molecule has 0 amide bonds. The Morgan fingerprint density at radius 2 is 2.25 bits per heavy atom. The molecule has 0 fully saturated rings. The summed E-state index contributed by atoms with van der Waals surface area (Å²) in [6.07, 6.45) is 0. The molecule has 1 rings (SSSR count). The molecule has 2 N–H and O–H groups in total. The van der Waals surface area contributed by atoms with E-state index in [1.165, 1.54) is 0 Å². The lowest BCUT2D eigenvalue weighted by Crippen LogP contribution is -1.77. The monoisotopic (exact) mass is 297 g/mol. The van der Waals surface area contributed by atoms with Crippen LogP contribution < -0.4 is 8.91 Å². The van der Waals surface area contributed by atoms with Crippen LogP contribution in [0, 0.1) is 0 Å². The highest BCUT2D eigenvalue weighted by atomic mass is 127. The smallest absolute Gasteiger partial charge is 0.192 e. The molecule has 0 aliphatic carbocycles. The maximum Gasteiger partial charge on any atom is 0.192 e. The Hall–Kier alpha value is -0.560. The summed E-state index contributed by atoms with van der Waals surface area (Å²) in [5, 5.41) is 7.17. The van der Waals surface area contributed by atoms with Gasteiger partial charge in [0.15, 0.2) is 23.0 Å². The molecule has 4 nitrogen and oxygen atoms in total. The quantitative estimate of drug-likeness (QED) is 0.395. The third-order valence-corrected chi connectivity index (χ3v) is 1.98. The van der Waals surface area contributed by atoms with E-state index in [2.05, 4.69) is 10.3 Å². The molecule has 0 atom stereocenters. The molecule has 1 aromatic rings. The largest absolute Gasteiger partial charge is 0.428 e. The van der Waals surface area contributed by atoms with Crippen molar-refractivity contribution in [2.24, 2.45) is 16.2 Å². The predicted molar refractivity (Wildman–Crippen MR) is 54.8 cm³/mol. The van der Waals surface area contributed by atoms with Crippen LogP contribution in [0.25, 0.3) is 0 Å². The van der Waals surface area contributed by atoms with Crippen LogP contribution in [0.3, 0.4) is 0 Å². The van der Waals surface area contributed by atoms with Crippen LogP contribution in [-0.2, 0) is 0 Å². The summed E-state index contributed by atoms with van der Waals surface area (Å²) in [5.74, 6) is 5.53. The minimum atomic E-state index is 0.457. The minimum absolute atomic E-state index is 0.457. The second-order valence-electron chi connectivity index (χ2n) is 1.91. The van der Waals surface area contributed by atoms with Gasteiger partial charge in [-0.25, -0.2) is 0 Å². The van der Waals surface area contributed by atoms with Crippen molar-refractivity contribution in [3.63, 3.8) is 0 Å². The molecule has 0 saturated carbocycles. The molecular formula is C6H5ClIN3O. The third kappa shape index (κ3) is 2.21. The number of nitrogens with zero attached hydrogens (tertiary/aromatic N) is 2. The first-order valence-corrected chi connectivity index (χ1v) is 4.23. The van der Waals surface area contributed by atoms with Gasteiger partial charge in [0.2, 0.25) is 0 Å². The zero-order valence-corrected chi connectivity index (χ0v) is 8.78. The van der Waals surface area contributed by atoms with Crippen LogP contribution in [0.4, 0.5) is 5.69 Å². The fourth-order valence-corrected chi connectivity index (χ4v) is 1.16. The number of rotatable bonds is 2. The van der Waals surface area contributed by atoms with Crippen LogP contribution in [-0.4, -0.2) is 0 Å². The molecule has 0 aliphatic rings. The van der Waals surface area contributed by atoms with Gasteiger partial charge in [-0.05, 0) is 12.1 Å². The predicted octanol–water partition coefficient (Wildman–Crippen LogP) is 3.03. The Labute approximate surface area is 88.4 Å². The molecule has 0 heterocycles. The van der Waals surface area contributed by atoms with Gasteiger partial charge in [-0.1, -0.05) is 16.8 Å². The van der Waals surface area contributed by atoms with Crippen molar-refractivity contribution in [3.05, 3.63) is 23.2 Å². The molecule has 0 radical (unpaired) electrons. The van der Waals surface area contributed by atoms with E-state index in [4.69, 9.17) is 20.5 Å². The summed E-state index contributed by atoms with van der Waals surface area (Å²) in [7, 11) is 0. The molecule has 0 aliphatic heterocycles. The van der Waals surface area contributed by atoms with E-state index in [0.29, 0.717) is 16.5 Å². The molecule has 64 valence electrons. The molecule has 1 aromatic carbocycles. The summed E-state index contributed by atoms with van der Waals surface area (Å²) >= 11 is 7.56. The van der Waals surface area contributed by atoms with Crippen molar-refractivity contribution in [1.29, 1.82) is 0 Å². The highest BCUT2D eigenvalue weighted by Gasteiger charge is 2.00. The number of nitrogens with two attached hydrogens (primary N) is 1. The molecule has 0 aromatic heterocycles. The third-order valence-electron chi connectivity index (χ3n) is 1.17. The van der Waals surface area contributed by atoms with Crippen LogP contribution in [0.1, 0.15) is 0 Å². The second-order valence-corrected chi connectivity index (χ2v) is 2.75. The summed E-state index contributed by atoms with van der Waals surface area (Å²) < 4.78 is 4.91. The number of benzene rings is 1. The maximum atomic E-state index is 5.79. The lowest BCUT2D eigenvalue weighted by atomic mass is 10.3. The Kier molecular flexibility index (Phi) is 3.54. The van der Waals surface area contributed by atoms with Crippen LogP contribution in [0.15, 0.2) is 28.5 Å². The summed E-state index contributed by atoms with van der Waals surface area (Å²) in [6.45, 7) is 0. The van der Waals surface area contributed by atoms with E-state index in [-0.39, 0.29) is 0 Å². The van der Waals surface area contributed by atoms with Gasteiger partial charge in [-0.15, -0.1) is 5.11 Å². The van der Waals surface area contributed by atoms with E-state index < -0.39 is 0 Å². The van der Waals surface area contributed by atoms with Crippen molar-refractivity contribution in [2.45, 2.75) is 0 Å². The lowest BCUT2D eigenvalue weighted by Gasteiger charge is -1.98. The lowest BCUT2D eigenvalue weighted by molar-refractivity contribution is 0.717. The second kappa shape index (κ2) is 4.46. The SMILES string of the molecule is NN=Nc1ccc(OI)cc1Cl. The molecule has 0 bridgehead atoms. The van der Waals surface area contributed by atoms with E-state index in [0.717, 1.165) is 0 Å². The molecule has 12 heavy (non-hydrogen) atoms. The van der Waals surface area contributed by atoms with Crippen LogP contribution in [0.5, 0.6) is 5.75 Å². The first kappa shape index (κ1) is 9.53. The van der Waals surface area contributed by atoms with Gasteiger partial charge >= 0.3 is 0 Å². The highest BCUT2D eigenvalue weighted by Crippen LogP contribution is 2.29.